The van der Waals surface area contributed by atoms with Crippen LogP contribution in [0.15, 0.2) is 0 Å². The van der Waals surface area contributed by atoms with E-state index in [2.05, 4.69) is 15.7 Å². The van der Waals surface area contributed by atoms with Crippen molar-refractivity contribution in [1.82, 2.24) is 20.0 Å². The first-order valence-corrected chi connectivity index (χ1v) is 7.57. The molecule has 4 amide bonds. The molecular weight excluding hydrogens is 298 g/mol. The highest BCUT2D eigenvalue weighted by molar-refractivity contribution is 6.06. The van der Waals surface area contributed by atoms with Gasteiger partial charge in [0.05, 0.1) is 5.69 Å². The van der Waals surface area contributed by atoms with Crippen molar-refractivity contribution < 1.29 is 14.4 Å². The summed E-state index contributed by atoms with van der Waals surface area (Å²) >= 11 is 0. The molecule has 8 nitrogen and oxygen atoms in total. The first-order chi connectivity index (χ1) is 10.6. The fourth-order valence-electron chi connectivity index (χ4n) is 2.55. The van der Waals surface area contributed by atoms with E-state index in [-0.39, 0.29) is 24.8 Å². The van der Waals surface area contributed by atoms with Gasteiger partial charge in [0.15, 0.2) is 0 Å². The van der Waals surface area contributed by atoms with E-state index in [1.807, 2.05) is 13.8 Å². The van der Waals surface area contributed by atoms with Crippen molar-refractivity contribution >= 4 is 23.7 Å². The van der Waals surface area contributed by atoms with Gasteiger partial charge >= 0.3 is 6.03 Å². The number of amides is 4. The van der Waals surface area contributed by atoms with Crippen molar-refractivity contribution in [3.8, 4) is 0 Å². The van der Waals surface area contributed by atoms with Gasteiger partial charge in [0.25, 0.3) is 5.91 Å². The quantitative estimate of drug-likeness (QED) is 0.793. The van der Waals surface area contributed by atoms with Crippen molar-refractivity contribution in [1.29, 1.82) is 0 Å². The average molecular weight is 321 g/mol. The second kappa shape index (κ2) is 6.02. The molecule has 1 aromatic rings. The summed E-state index contributed by atoms with van der Waals surface area (Å²) in [6.45, 7) is 7.32. The van der Waals surface area contributed by atoms with Crippen molar-refractivity contribution in [3.05, 3.63) is 11.3 Å². The Morgan fingerprint density at radius 3 is 2.43 bits per heavy atom. The summed E-state index contributed by atoms with van der Waals surface area (Å²) in [5.74, 6) is 0.243. The van der Waals surface area contributed by atoms with Crippen LogP contribution in [0, 0.1) is 13.8 Å². The number of anilines is 1. The highest BCUT2D eigenvalue weighted by Crippen LogP contribution is 2.19. The summed E-state index contributed by atoms with van der Waals surface area (Å²) in [6.07, 6.45) is 0.637. The van der Waals surface area contributed by atoms with Gasteiger partial charge in [0, 0.05) is 25.6 Å². The molecular formula is C15H23N5O3. The van der Waals surface area contributed by atoms with Crippen molar-refractivity contribution in [2.75, 3.05) is 11.9 Å². The van der Waals surface area contributed by atoms with Crippen molar-refractivity contribution in [2.45, 2.75) is 46.1 Å². The molecule has 2 N–H and O–H groups in total. The molecule has 0 atom stereocenters. The lowest BCUT2D eigenvalue weighted by Crippen LogP contribution is -2.40. The lowest BCUT2D eigenvalue weighted by Gasteiger charge is -2.15. The van der Waals surface area contributed by atoms with Crippen molar-refractivity contribution in [2.24, 2.45) is 7.05 Å². The number of carbonyl (C=O) groups is 3. The van der Waals surface area contributed by atoms with Crippen LogP contribution in [0.4, 0.5) is 10.6 Å². The number of aromatic nitrogens is 2. The minimum Gasteiger partial charge on any atom is -0.324 e. The molecule has 0 radical (unpaired) electrons. The number of nitrogens with zero attached hydrogens (tertiary/aromatic N) is 3. The summed E-state index contributed by atoms with van der Waals surface area (Å²) in [4.78, 5) is 37.0. The first-order valence-electron chi connectivity index (χ1n) is 7.57. The normalized spacial score (nSPS) is 16.7. The Morgan fingerprint density at radius 1 is 1.30 bits per heavy atom. The smallest absolute Gasteiger partial charge is 0.324 e. The zero-order chi connectivity index (χ0) is 17.4. The van der Waals surface area contributed by atoms with Gasteiger partial charge in [-0.25, -0.2) is 4.79 Å². The first kappa shape index (κ1) is 17.0. The van der Waals surface area contributed by atoms with Crippen LogP contribution < -0.4 is 10.6 Å². The number of nitrogens with one attached hydrogen (secondary N) is 2. The Kier molecular flexibility index (Phi) is 4.44. The van der Waals surface area contributed by atoms with Crippen LogP contribution in [0.2, 0.25) is 0 Å². The van der Waals surface area contributed by atoms with Gasteiger partial charge < -0.3 is 10.6 Å². The van der Waals surface area contributed by atoms with E-state index in [1.165, 1.54) is 0 Å². The number of imide groups is 1. The molecule has 1 aliphatic rings. The van der Waals surface area contributed by atoms with E-state index in [4.69, 9.17) is 0 Å². The van der Waals surface area contributed by atoms with E-state index in [0.717, 1.165) is 16.2 Å². The van der Waals surface area contributed by atoms with Gasteiger partial charge in [0.1, 0.15) is 11.4 Å². The molecule has 23 heavy (non-hydrogen) atoms. The second-order valence-electron chi connectivity index (χ2n) is 6.35. The maximum atomic E-state index is 12.0. The van der Waals surface area contributed by atoms with Gasteiger partial charge in [-0.2, -0.15) is 5.10 Å². The van der Waals surface area contributed by atoms with Gasteiger partial charge in [-0.05, 0) is 34.1 Å². The average Bonchev–Trinajstić information content (AvgIpc) is 2.79. The number of rotatable bonds is 5. The van der Waals surface area contributed by atoms with Gasteiger partial charge in [-0.3, -0.25) is 19.2 Å². The molecule has 1 aromatic heterocycles. The maximum absolute atomic E-state index is 12.0. The summed E-state index contributed by atoms with van der Waals surface area (Å²) in [5, 5.41) is 9.67. The van der Waals surface area contributed by atoms with E-state index in [1.54, 1.807) is 25.6 Å². The number of carbonyl (C=O) groups excluding carboxylic acids is 3. The highest BCUT2D eigenvalue weighted by Gasteiger charge is 2.43. The Balaban J connectivity index is 1.86. The van der Waals surface area contributed by atoms with Crippen LogP contribution in [0.1, 0.15) is 37.9 Å². The SMILES string of the molecule is Cc1nn(C)c(NC(=O)CCCN2C(=O)NC(C)(C)C2=O)c1C. The standard InChI is InChI=1S/C15H23N5O3/c1-9-10(2)18-19(5)12(9)16-11(21)7-6-8-20-13(22)15(3,4)17-14(20)23/h6-8H2,1-5H3,(H,16,21)(H,17,23). The third kappa shape index (κ3) is 3.35. The fourth-order valence-corrected chi connectivity index (χ4v) is 2.55. The van der Waals surface area contributed by atoms with Gasteiger partial charge in [-0.1, -0.05) is 0 Å². The molecule has 0 aromatic carbocycles. The zero-order valence-corrected chi connectivity index (χ0v) is 14.2. The molecule has 0 unspecified atom stereocenters. The van der Waals surface area contributed by atoms with Gasteiger partial charge in [-0.15, -0.1) is 0 Å². The molecule has 0 spiro atoms. The lowest BCUT2D eigenvalue weighted by atomic mass is 10.1. The monoisotopic (exact) mass is 321 g/mol. The third-order valence-corrected chi connectivity index (χ3v) is 4.01. The van der Waals surface area contributed by atoms with E-state index in [9.17, 15) is 14.4 Å². The van der Waals surface area contributed by atoms with Crippen LogP contribution in [-0.2, 0) is 16.6 Å². The summed E-state index contributed by atoms with van der Waals surface area (Å²) in [7, 11) is 1.77. The van der Waals surface area contributed by atoms with E-state index in [0.29, 0.717) is 12.2 Å². The van der Waals surface area contributed by atoms with E-state index >= 15 is 0 Å². The second-order valence-corrected chi connectivity index (χ2v) is 6.35. The number of urea groups is 1. The summed E-state index contributed by atoms with van der Waals surface area (Å²) < 4.78 is 1.63. The Hall–Kier alpha value is -2.38. The summed E-state index contributed by atoms with van der Waals surface area (Å²) in [5.41, 5.74) is 0.920. The number of hydrogen-bond donors (Lipinski definition) is 2. The topological polar surface area (TPSA) is 96.3 Å². The fraction of sp³-hybridized carbons (Fsp3) is 0.600. The Morgan fingerprint density at radius 2 is 1.96 bits per heavy atom. The van der Waals surface area contributed by atoms with Crippen LogP contribution >= 0.6 is 0 Å². The Labute approximate surface area is 135 Å². The summed E-state index contributed by atoms with van der Waals surface area (Å²) in [6, 6.07) is -0.404. The minimum absolute atomic E-state index is 0.164. The van der Waals surface area contributed by atoms with Crippen LogP contribution in [0.3, 0.4) is 0 Å². The largest absolute Gasteiger partial charge is 0.325 e. The van der Waals surface area contributed by atoms with Gasteiger partial charge in [0.2, 0.25) is 5.91 Å². The molecule has 1 fully saturated rings. The highest BCUT2D eigenvalue weighted by atomic mass is 16.2. The lowest BCUT2D eigenvalue weighted by molar-refractivity contribution is -0.130. The minimum atomic E-state index is -0.872. The third-order valence-electron chi connectivity index (χ3n) is 4.01. The predicted octanol–water partition coefficient (Wildman–Crippen LogP) is 1.09. The molecule has 2 rings (SSSR count). The van der Waals surface area contributed by atoms with Crippen LogP contribution in [0.5, 0.6) is 0 Å². The van der Waals surface area contributed by atoms with Crippen LogP contribution in [-0.4, -0.2) is 44.6 Å². The molecule has 0 saturated carbocycles. The molecule has 1 aliphatic heterocycles. The number of aryl methyl sites for hydroxylation is 2. The molecule has 1 saturated heterocycles. The predicted molar refractivity (Wildman–Crippen MR) is 84.9 cm³/mol. The molecule has 8 heteroatoms. The maximum Gasteiger partial charge on any atom is 0.325 e. The molecule has 126 valence electrons. The molecule has 0 bridgehead atoms. The van der Waals surface area contributed by atoms with Crippen LogP contribution in [0.25, 0.3) is 0 Å². The number of hydrogen-bond acceptors (Lipinski definition) is 4. The van der Waals surface area contributed by atoms with E-state index < -0.39 is 11.6 Å². The molecule has 2 heterocycles. The zero-order valence-electron chi connectivity index (χ0n) is 14.2. The molecule has 0 aliphatic carbocycles. The Bertz CT molecular complexity index is 662. The van der Waals surface area contributed by atoms with Crippen molar-refractivity contribution in [3.63, 3.8) is 0 Å².